The highest BCUT2D eigenvalue weighted by atomic mass is 32.2. The summed E-state index contributed by atoms with van der Waals surface area (Å²) in [5, 5.41) is 0. The number of allylic oxidation sites excluding steroid dienone is 1. The number of hydrogen-bond donors (Lipinski definition) is 0. The molecule has 1 heterocycles. The summed E-state index contributed by atoms with van der Waals surface area (Å²) in [6.45, 7) is 5.88. The van der Waals surface area contributed by atoms with Crippen molar-refractivity contribution in [1.82, 2.24) is 4.90 Å². The number of methoxy groups -OCH3 is 1. The third kappa shape index (κ3) is 6.95. The smallest absolute Gasteiger partial charge is 0.265 e. The first-order valence-corrected chi connectivity index (χ1v) is 15.9. The van der Waals surface area contributed by atoms with Crippen molar-refractivity contribution in [2.45, 2.75) is 45.1 Å². The lowest BCUT2D eigenvalue weighted by Gasteiger charge is -2.30. The zero-order valence-electron chi connectivity index (χ0n) is 23.7. The lowest BCUT2D eigenvalue weighted by molar-refractivity contribution is 0.183. The monoisotopic (exact) mass is 561 g/mol. The molecule has 0 aromatic heterocycles. The van der Waals surface area contributed by atoms with Crippen LogP contribution in [0, 0.1) is 6.92 Å². The number of aryl methyl sites for hydroxylation is 2. The fourth-order valence-corrected chi connectivity index (χ4v) is 6.37. The lowest BCUT2D eigenvalue weighted by Crippen LogP contribution is -2.33. The topological polar surface area (TPSA) is 65.1 Å². The Hall–Kier alpha value is -3.13. The molecule has 1 aliphatic heterocycles. The quantitative estimate of drug-likeness (QED) is 0.265. The van der Waals surface area contributed by atoms with Crippen LogP contribution in [0.5, 0.6) is 11.5 Å². The van der Waals surface area contributed by atoms with Gasteiger partial charge < -0.3 is 9.47 Å². The summed E-state index contributed by atoms with van der Waals surface area (Å²) in [5.41, 5.74) is 7.06. The number of rotatable bonds is 10. The Labute approximate surface area is 238 Å². The summed E-state index contributed by atoms with van der Waals surface area (Å²) >= 11 is 0. The Balaban J connectivity index is 1.51. The molecule has 2 aliphatic rings. The molecule has 0 spiro atoms. The standard InChI is InChI=1S/C33H39NO5S/c1-24-8-7-9-26(22-24)30-16-12-27-23-29(37-2)15-17-31(27)32(30)33(39-40(3,35)36)25-10-13-28(14-11-25)38-21-20-34-18-5-4-6-19-34/h7-11,13-15,17,22-23,33H,4-6,12,16,18-21H2,1-3H3. The summed E-state index contributed by atoms with van der Waals surface area (Å²) in [5.74, 6) is 1.55. The van der Waals surface area contributed by atoms with Crippen molar-refractivity contribution in [3.05, 3.63) is 94.5 Å². The van der Waals surface area contributed by atoms with Gasteiger partial charge in [0.05, 0.1) is 13.4 Å². The fraction of sp³-hybridized carbons (Fsp3) is 0.394. The Bertz CT molecular complexity index is 1460. The number of ether oxygens (including phenoxy) is 2. The highest BCUT2D eigenvalue weighted by Crippen LogP contribution is 2.46. The molecule has 1 aliphatic carbocycles. The molecule has 0 saturated carbocycles. The lowest BCUT2D eigenvalue weighted by atomic mass is 9.78. The minimum atomic E-state index is -3.78. The summed E-state index contributed by atoms with van der Waals surface area (Å²) in [7, 11) is -2.12. The van der Waals surface area contributed by atoms with E-state index < -0.39 is 16.2 Å². The van der Waals surface area contributed by atoms with E-state index in [-0.39, 0.29) is 0 Å². The van der Waals surface area contributed by atoms with E-state index in [2.05, 4.69) is 30.0 Å². The van der Waals surface area contributed by atoms with Crippen LogP contribution in [-0.4, -0.2) is 52.9 Å². The van der Waals surface area contributed by atoms with Gasteiger partial charge in [0, 0.05) is 6.54 Å². The Morgan fingerprint density at radius 1 is 0.900 bits per heavy atom. The third-order valence-electron chi connectivity index (χ3n) is 7.78. The molecule has 0 radical (unpaired) electrons. The molecule has 1 saturated heterocycles. The number of piperidine rings is 1. The van der Waals surface area contributed by atoms with Gasteiger partial charge in [0.15, 0.2) is 0 Å². The predicted octanol–water partition coefficient (Wildman–Crippen LogP) is 6.44. The molecule has 0 amide bonds. The van der Waals surface area contributed by atoms with Crippen LogP contribution in [0.2, 0.25) is 0 Å². The van der Waals surface area contributed by atoms with Gasteiger partial charge in [0.25, 0.3) is 10.1 Å². The van der Waals surface area contributed by atoms with Gasteiger partial charge in [0.1, 0.15) is 24.2 Å². The molecule has 3 aromatic rings. The maximum atomic E-state index is 12.6. The summed E-state index contributed by atoms with van der Waals surface area (Å²) in [6, 6.07) is 22.0. The van der Waals surface area contributed by atoms with E-state index in [4.69, 9.17) is 13.7 Å². The van der Waals surface area contributed by atoms with Crippen molar-refractivity contribution in [2.24, 2.45) is 0 Å². The Kier molecular flexibility index (Phi) is 8.94. The van der Waals surface area contributed by atoms with Crippen LogP contribution in [0.15, 0.2) is 66.7 Å². The molecule has 0 bridgehead atoms. The Morgan fingerprint density at radius 2 is 1.65 bits per heavy atom. The third-order valence-corrected chi connectivity index (χ3v) is 8.32. The average molecular weight is 562 g/mol. The van der Waals surface area contributed by atoms with E-state index in [1.165, 1.54) is 19.3 Å². The molecule has 3 aromatic carbocycles. The van der Waals surface area contributed by atoms with Gasteiger partial charge in [-0.1, -0.05) is 54.4 Å². The van der Waals surface area contributed by atoms with E-state index >= 15 is 0 Å². The molecule has 40 heavy (non-hydrogen) atoms. The normalized spacial score (nSPS) is 16.9. The molecule has 6 nitrogen and oxygen atoms in total. The van der Waals surface area contributed by atoms with Crippen molar-refractivity contribution < 1.29 is 22.1 Å². The van der Waals surface area contributed by atoms with E-state index in [0.29, 0.717) is 6.61 Å². The summed E-state index contributed by atoms with van der Waals surface area (Å²) < 4.78 is 42.7. The van der Waals surface area contributed by atoms with Crippen LogP contribution in [-0.2, 0) is 20.7 Å². The van der Waals surface area contributed by atoms with Crippen molar-refractivity contribution in [3.63, 3.8) is 0 Å². The molecule has 212 valence electrons. The summed E-state index contributed by atoms with van der Waals surface area (Å²) in [4.78, 5) is 2.45. The van der Waals surface area contributed by atoms with Crippen molar-refractivity contribution in [1.29, 1.82) is 0 Å². The van der Waals surface area contributed by atoms with Crippen molar-refractivity contribution in [3.8, 4) is 11.5 Å². The Morgan fingerprint density at radius 3 is 2.35 bits per heavy atom. The maximum Gasteiger partial charge on any atom is 0.265 e. The first-order valence-electron chi connectivity index (χ1n) is 14.1. The van der Waals surface area contributed by atoms with Crippen LogP contribution >= 0.6 is 0 Å². The number of hydrogen-bond acceptors (Lipinski definition) is 6. The van der Waals surface area contributed by atoms with E-state index in [1.807, 2.05) is 48.5 Å². The van der Waals surface area contributed by atoms with E-state index in [9.17, 15) is 8.42 Å². The molecule has 7 heteroatoms. The highest BCUT2D eigenvalue weighted by Gasteiger charge is 2.31. The molecular formula is C33H39NO5S. The second-order valence-electron chi connectivity index (χ2n) is 10.8. The average Bonchev–Trinajstić information content (AvgIpc) is 2.95. The molecule has 1 fully saturated rings. The van der Waals surface area contributed by atoms with Gasteiger partial charge in [0.2, 0.25) is 0 Å². The van der Waals surface area contributed by atoms with Gasteiger partial charge in [-0.2, -0.15) is 8.42 Å². The van der Waals surface area contributed by atoms with Crippen LogP contribution in [0.25, 0.3) is 11.1 Å². The van der Waals surface area contributed by atoms with Crippen LogP contribution in [0.3, 0.4) is 0 Å². The maximum absolute atomic E-state index is 12.6. The second-order valence-corrected chi connectivity index (χ2v) is 12.4. The second kappa shape index (κ2) is 12.6. The van der Waals surface area contributed by atoms with E-state index in [1.54, 1.807) is 7.11 Å². The first kappa shape index (κ1) is 28.4. The number of nitrogens with zero attached hydrogens (tertiary/aromatic N) is 1. The van der Waals surface area contributed by atoms with Crippen molar-refractivity contribution in [2.75, 3.05) is 39.6 Å². The van der Waals surface area contributed by atoms with Gasteiger partial charge >= 0.3 is 0 Å². The first-order chi connectivity index (χ1) is 19.3. The predicted molar refractivity (Wildman–Crippen MR) is 160 cm³/mol. The zero-order valence-corrected chi connectivity index (χ0v) is 24.5. The van der Waals surface area contributed by atoms with Crippen molar-refractivity contribution >= 4 is 21.3 Å². The van der Waals surface area contributed by atoms with Gasteiger partial charge in [-0.3, -0.25) is 9.08 Å². The fourth-order valence-electron chi connectivity index (χ4n) is 5.82. The largest absolute Gasteiger partial charge is 0.497 e. The summed E-state index contributed by atoms with van der Waals surface area (Å²) in [6.07, 6.45) is 5.73. The number of likely N-dealkylation sites (tertiary alicyclic amines) is 1. The van der Waals surface area contributed by atoms with Crippen LogP contribution < -0.4 is 9.47 Å². The van der Waals surface area contributed by atoms with Crippen LogP contribution in [0.4, 0.5) is 0 Å². The number of fused-ring (bicyclic) bond motifs is 1. The van der Waals surface area contributed by atoms with Gasteiger partial charge in [-0.15, -0.1) is 0 Å². The van der Waals surface area contributed by atoms with Gasteiger partial charge in [-0.25, -0.2) is 0 Å². The molecule has 5 rings (SSSR count). The SMILES string of the molecule is COc1ccc2c(c1)CCC(c1cccc(C)c1)=C2C(OS(C)(=O)=O)c1ccc(OCCN2CCCCC2)cc1. The molecule has 1 atom stereocenters. The van der Waals surface area contributed by atoms with Gasteiger partial charge in [-0.05, 0) is 103 Å². The molecule has 1 unspecified atom stereocenters. The van der Waals surface area contributed by atoms with E-state index in [0.717, 1.165) is 89.2 Å². The number of benzene rings is 3. The molecule has 0 N–H and O–H groups in total. The van der Waals surface area contributed by atoms with Crippen LogP contribution in [0.1, 0.15) is 59.6 Å². The minimum absolute atomic E-state index is 0.625. The minimum Gasteiger partial charge on any atom is -0.497 e. The zero-order chi connectivity index (χ0) is 28.1. The molecular weight excluding hydrogens is 522 g/mol. The highest BCUT2D eigenvalue weighted by molar-refractivity contribution is 7.86.